The van der Waals surface area contributed by atoms with Crippen LogP contribution in [0.4, 0.5) is 0 Å². The zero-order valence-corrected chi connectivity index (χ0v) is 9.16. The number of para-hydroxylation sites is 1. The predicted octanol–water partition coefficient (Wildman–Crippen LogP) is 3.11. The van der Waals surface area contributed by atoms with Gasteiger partial charge in [-0.15, -0.1) is 0 Å². The van der Waals surface area contributed by atoms with Crippen molar-refractivity contribution < 1.29 is 9.90 Å². The van der Waals surface area contributed by atoms with Crippen LogP contribution in [-0.2, 0) is 0 Å². The van der Waals surface area contributed by atoms with Gasteiger partial charge in [0.05, 0.1) is 5.56 Å². The Balaban J connectivity index is 2.38. The third-order valence-electron chi connectivity index (χ3n) is 3.27. The Hall–Kier alpha value is -1.31. The molecule has 1 aromatic carbocycles. The largest absolute Gasteiger partial charge is 0.507 e. The fourth-order valence-electron chi connectivity index (χ4n) is 2.06. The van der Waals surface area contributed by atoms with Gasteiger partial charge in [-0.2, -0.15) is 0 Å². The SMILES string of the molecule is CC(=O)c1cccc(C(C)C2CC2)c1O. The molecule has 1 fully saturated rings. The van der Waals surface area contributed by atoms with Crippen LogP contribution in [0.1, 0.15) is 48.5 Å². The normalized spacial score (nSPS) is 17.5. The molecular weight excluding hydrogens is 188 g/mol. The monoisotopic (exact) mass is 204 g/mol. The summed E-state index contributed by atoms with van der Waals surface area (Å²) < 4.78 is 0. The molecule has 1 atom stereocenters. The van der Waals surface area contributed by atoms with Crippen molar-refractivity contribution in [2.45, 2.75) is 32.6 Å². The van der Waals surface area contributed by atoms with Crippen molar-refractivity contribution in [3.8, 4) is 5.75 Å². The Morgan fingerprint density at radius 3 is 2.67 bits per heavy atom. The van der Waals surface area contributed by atoms with E-state index in [1.807, 2.05) is 12.1 Å². The summed E-state index contributed by atoms with van der Waals surface area (Å²) in [6.45, 7) is 3.61. The van der Waals surface area contributed by atoms with Crippen LogP contribution in [0.25, 0.3) is 0 Å². The topological polar surface area (TPSA) is 37.3 Å². The van der Waals surface area contributed by atoms with Crippen LogP contribution in [0.3, 0.4) is 0 Å². The number of aromatic hydroxyl groups is 1. The summed E-state index contributed by atoms with van der Waals surface area (Å²) in [5.74, 6) is 1.17. The van der Waals surface area contributed by atoms with Gasteiger partial charge in [-0.25, -0.2) is 0 Å². The molecule has 1 N–H and O–H groups in total. The quantitative estimate of drug-likeness (QED) is 0.768. The van der Waals surface area contributed by atoms with Gasteiger partial charge >= 0.3 is 0 Å². The zero-order chi connectivity index (χ0) is 11.0. The molecule has 0 aliphatic heterocycles. The highest BCUT2D eigenvalue weighted by Crippen LogP contribution is 2.45. The molecule has 0 heterocycles. The minimum absolute atomic E-state index is 0.0719. The van der Waals surface area contributed by atoms with E-state index in [2.05, 4.69) is 6.92 Å². The molecule has 0 saturated heterocycles. The maximum absolute atomic E-state index is 11.3. The van der Waals surface area contributed by atoms with Crippen molar-refractivity contribution in [2.24, 2.45) is 5.92 Å². The van der Waals surface area contributed by atoms with Crippen LogP contribution in [0.2, 0.25) is 0 Å². The van der Waals surface area contributed by atoms with Gasteiger partial charge in [0.15, 0.2) is 5.78 Å². The molecule has 1 aromatic rings. The summed E-state index contributed by atoms with van der Waals surface area (Å²) in [5, 5.41) is 9.99. The van der Waals surface area contributed by atoms with E-state index in [0.29, 0.717) is 17.4 Å². The summed E-state index contributed by atoms with van der Waals surface area (Å²) in [4.78, 5) is 11.3. The molecule has 1 aliphatic rings. The second-order valence-electron chi connectivity index (χ2n) is 4.43. The molecule has 1 aliphatic carbocycles. The molecule has 0 bridgehead atoms. The molecule has 2 rings (SSSR count). The average Bonchev–Trinajstić information content (AvgIpc) is 3.00. The standard InChI is InChI=1S/C13H16O2/c1-8(10-6-7-10)11-4-3-5-12(9(2)14)13(11)15/h3-5,8,10,15H,6-7H2,1-2H3. The first kappa shape index (κ1) is 10.2. The zero-order valence-electron chi connectivity index (χ0n) is 9.16. The highest BCUT2D eigenvalue weighted by molar-refractivity contribution is 5.97. The van der Waals surface area contributed by atoms with Gasteiger partial charge in [0.2, 0.25) is 0 Å². The number of phenolic OH excluding ortho intramolecular Hbond substituents is 1. The summed E-state index contributed by atoms with van der Waals surface area (Å²) in [6.07, 6.45) is 2.48. The Labute approximate surface area is 89.9 Å². The van der Waals surface area contributed by atoms with Gasteiger partial charge in [-0.1, -0.05) is 19.1 Å². The Morgan fingerprint density at radius 1 is 1.47 bits per heavy atom. The van der Waals surface area contributed by atoms with Crippen molar-refractivity contribution in [3.63, 3.8) is 0 Å². The van der Waals surface area contributed by atoms with E-state index in [0.717, 1.165) is 5.56 Å². The minimum atomic E-state index is -0.0719. The van der Waals surface area contributed by atoms with Crippen LogP contribution >= 0.6 is 0 Å². The summed E-state index contributed by atoms with van der Waals surface area (Å²) in [7, 11) is 0. The van der Waals surface area contributed by atoms with Gasteiger partial charge in [0, 0.05) is 0 Å². The van der Waals surface area contributed by atoms with Gasteiger partial charge in [-0.3, -0.25) is 4.79 Å². The third kappa shape index (κ3) is 1.89. The lowest BCUT2D eigenvalue weighted by Gasteiger charge is -2.14. The molecule has 80 valence electrons. The van der Waals surface area contributed by atoms with Crippen LogP contribution in [-0.4, -0.2) is 10.9 Å². The van der Waals surface area contributed by atoms with Crippen LogP contribution < -0.4 is 0 Å². The number of hydrogen-bond acceptors (Lipinski definition) is 2. The Kier molecular flexibility index (Phi) is 2.51. The van der Waals surface area contributed by atoms with Crippen LogP contribution in [0, 0.1) is 5.92 Å². The van der Waals surface area contributed by atoms with Crippen molar-refractivity contribution in [1.82, 2.24) is 0 Å². The molecule has 1 saturated carbocycles. The minimum Gasteiger partial charge on any atom is -0.507 e. The van der Waals surface area contributed by atoms with Crippen LogP contribution in [0.15, 0.2) is 18.2 Å². The average molecular weight is 204 g/mol. The van der Waals surface area contributed by atoms with Crippen molar-refractivity contribution in [2.75, 3.05) is 0 Å². The van der Waals surface area contributed by atoms with E-state index >= 15 is 0 Å². The number of ketones is 1. The number of benzene rings is 1. The van der Waals surface area contributed by atoms with Gasteiger partial charge in [0.25, 0.3) is 0 Å². The Bertz CT molecular complexity index is 392. The number of phenols is 1. The lowest BCUT2D eigenvalue weighted by atomic mass is 9.93. The number of hydrogen-bond donors (Lipinski definition) is 1. The first-order chi connectivity index (χ1) is 7.11. The number of carbonyl (C=O) groups excluding carboxylic acids is 1. The molecule has 15 heavy (non-hydrogen) atoms. The Morgan fingerprint density at radius 2 is 2.13 bits per heavy atom. The fourth-order valence-corrected chi connectivity index (χ4v) is 2.06. The summed E-state index contributed by atoms with van der Waals surface area (Å²) in [5.41, 5.74) is 1.37. The van der Waals surface area contributed by atoms with E-state index in [1.54, 1.807) is 6.07 Å². The van der Waals surface area contributed by atoms with E-state index in [1.165, 1.54) is 19.8 Å². The number of Topliss-reactive ketones (excluding diaryl/α,β-unsaturated/α-hetero) is 1. The maximum Gasteiger partial charge on any atom is 0.163 e. The number of rotatable bonds is 3. The van der Waals surface area contributed by atoms with Gasteiger partial charge < -0.3 is 5.11 Å². The van der Waals surface area contributed by atoms with E-state index < -0.39 is 0 Å². The van der Waals surface area contributed by atoms with Crippen molar-refractivity contribution >= 4 is 5.78 Å². The summed E-state index contributed by atoms with van der Waals surface area (Å²) in [6, 6.07) is 5.45. The molecular formula is C13H16O2. The van der Waals surface area contributed by atoms with Gasteiger partial charge in [0.1, 0.15) is 5.75 Å². The molecule has 2 heteroatoms. The second-order valence-corrected chi connectivity index (χ2v) is 4.43. The van der Waals surface area contributed by atoms with E-state index in [9.17, 15) is 9.90 Å². The van der Waals surface area contributed by atoms with Crippen molar-refractivity contribution in [1.29, 1.82) is 0 Å². The third-order valence-corrected chi connectivity index (χ3v) is 3.27. The smallest absolute Gasteiger partial charge is 0.163 e. The van der Waals surface area contributed by atoms with E-state index in [4.69, 9.17) is 0 Å². The first-order valence-corrected chi connectivity index (χ1v) is 5.44. The molecule has 1 unspecified atom stereocenters. The molecule has 2 nitrogen and oxygen atoms in total. The van der Waals surface area contributed by atoms with Crippen LogP contribution in [0.5, 0.6) is 5.75 Å². The highest BCUT2D eigenvalue weighted by Gasteiger charge is 2.30. The second kappa shape index (κ2) is 3.69. The number of carbonyl (C=O) groups is 1. The van der Waals surface area contributed by atoms with E-state index in [-0.39, 0.29) is 11.5 Å². The molecule has 0 spiro atoms. The first-order valence-electron chi connectivity index (χ1n) is 5.44. The predicted molar refractivity (Wildman–Crippen MR) is 59.3 cm³/mol. The molecule has 0 aromatic heterocycles. The maximum atomic E-state index is 11.3. The summed E-state index contributed by atoms with van der Waals surface area (Å²) >= 11 is 0. The fraction of sp³-hybridized carbons (Fsp3) is 0.462. The molecule has 0 radical (unpaired) electrons. The van der Waals surface area contributed by atoms with Gasteiger partial charge in [-0.05, 0) is 43.2 Å². The van der Waals surface area contributed by atoms with Crippen molar-refractivity contribution in [3.05, 3.63) is 29.3 Å². The highest BCUT2D eigenvalue weighted by atomic mass is 16.3. The lowest BCUT2D eigenvalue weighted by Crippen LogP contribution is -2.00. The molecule has 0 amide bonds. The lowest BCUT2D eigenvalue weighted by molar-refractivity contribution is 0.101.